The highest BCUT2D eigenvalue weighted by Crippen LogP contribution is 2.18. The van der Waals surface area contributed by atoms with Crippen LogP contribution in [-0.2, 0) is 6.54 Å². The molecule has 0 aliphatic heterocycles. The van der Waals surface area contributed by atoms with Gasteiger partial charge in [-0.3, -0.25) is 5.10 Å². The number of hydrogen-bond acceptors (Lipinski definition) is 3. The van der Waals surface area contributed by atoms with Crippen molar-refractivity contribution in [2.45, 2.75) is 13.5 Å². The summed E-state index contributed by atoms with van der Waals surface area (Å²) in [5.41, 5.74) is 5.31. The second-order valence-electron chi connectivity index (χ2n) is 5.10. The van der Waals surface area contributed by atoms with Crippen LogP contribution in [0.2, 0.25) is 0 Å². The third-order valence-corrected chi connectivity index (χ3v) is 3.73. The first kappa shape index (κ1) is 12.0. The molecule has 0 amide bonds. The van der Waals surface area contributed by atoms with Crippen LogP contribution >= 0.6 is 0 Å². The van der Waals surface area contributed by atoms with Crippen molar-refractivity contribution < 1.29 is 0 Å². The minimum atomic E-state index is 0.733. The number of hydrogen-bond donors (Lipinski definition) is 2. The lowest BCUT2D eigenvalue weighted by atomic mass is 10.2. The molecular weight excluding hydrogens is 262 g/mol. The highest BCUT2D eigenvalue weighted by molar-refractivity contribution is 5.81. The molecule has 0 spiro atoms. The van der Waals surface area contributed by atoms with Gasteiger partial charge < -0.3 is 9.72 Å². The van der Waals surface area contributed by atoms with Crippen LogP contribution in [0.3, 0.4) is 0 Å². The van der Waals surface area contributed by atoms with Gasteiger partial charge in [-0.1, -0.05) is 6.07 Å². The Hall–Kier alpha value is -2.82. The summed E-state index contributed by atoms with van der Waals surface area (Å²) in [7, 11) is 0. The van der Waals surface area contributed by atoms with Crippen molar-refractivity contribution in [1.82, 2.24) is 19.6 Å². The Balaban J connectivity index is 1.64. The summed E-state index contributed by atoms with van der Waals surface area (Å²) >= 11 is 0. The molecule has 0 fully saturated rings. The van der Waals surface area contributed by atoms with E-state index in [1.54, 1.807) is 0 Å². The molecule has 0 unspecified atom stereocenters. The van der Waals surface area contributed by atoms with Gasteiger partial charge in [-0.15, -0.1) is 0 Å². The molecule has 0 radical (unpaired) electrons. The summed E-state index contributed by atoms with van der Waals surface area (Å²) in [6, 6.07) is 12.2. The van der Waals surface area contributed by atoms with Crippen molar-refractivity contribution >= 4 is 22.2 Å². The van der Waals surface area contributed by atoms with Crippen LogP contribution in [0.25, 0.3) is 16.6 Å². The Kier molecular flexibility index (Phi) is 2.64. The van der Waals surface area contributed by atoms with Gasteiger partial charge in [-0.2, -0.15) is 5.10 Å². The number of benzene rings is 1. The van der Waals surface area contributed by atoms with Crippen LogP contribution in [0.4, 0.5) is 5.69 Å². The monoisotopic (exact) mass is 277 g/mol. The lowest BCUT2D eigenvalue weighted by Gasteiger charge is -2.07. The van der Waals surface area contributed by atoms with Gasteiger partial charge >= 0.3 is 0 Å². The Morgan fingerprint density at radius 3 is 3.14 bits per heavy atom. The minimum absolute atomic E-state index is 0.733. The van der Waals surface area contributed by atoms with Crippen LogP contribution in [0.15, 0.2) is 48.8 Å². The van der Waals surface area contributed by atoms with E-state index in [0.29, 0.717) is 0 Å². The van der Waals surface area contributed by atoms with Crippen molar-refractivity contribution in [3.63, 3.8) is 0 Å². The quantitative estimate of drug-likeness (QED) is 0.605. The summed E-state index contributed by atoms with van der Waals surface area (Å²) in [6.45, 7) is 2.78. The molecule has 4 aromatic rings. The first-order valence-electron chi connectivity index (χ1n) is 6.91. The average molecular weight is 277 g/mol. The number of aromatic amines is 1. The molecule has 3 aromatic heterocycles. The predicted octanol–water partition coefficient (Wildman–Crippen LogP) is 3.13. The highest BCUT2D eigenvalue weighted by Gasteiger charge is 2.07. The topological polar surface area (TPSA) is 58.0 Å². The zero-order chi connectivity index (χ0) is 14.2. The standard InChI is InChI=1S/C16H15N5/c1-11-15(21-7-3-2-4-16(21)19-11)10-17-13-6-5-12-9-18-20-14(12)8-13/h2-9,17H,10H2,1H3,(H,18,20). The molecule has 104 valence electrons. The smallest absolute Gasteiger partial charge is 0.137 e. The number of imidazole rings is 1. The maximum Gasteiger partial charge on any atom is 0.137 e. The second kappa shape index (κ2) is 4.63. The number of nitrogens with one attached hydrogen (secondary N) is 2. The van der Waals surface area contributed by atoms with Crippen LogP contribution in [0.1, 0.15) is 11.4 Å². The van der Waals surface area contributed by atoms with E-state index < -0.39 is 0 Å². The van der Waals surface area contributed by atoms with Gasteiger partial charge in [0.25, 0.3) is 0 Å². The van der Waals surface area contributed by atoms with E-state index in [1.807, 2.05) is 37.5 Å². The van der Waals surface area contributed by atoms with Crippen molar-refractivity contribution in [3.8, 4) is 0 Å². The lowest BCUT2D eigenvalue weighted by molar-refractivity contribution is 0.987. The second-order valence-corrected chi connectivity index (χ2v) is 5.10. The predicted molar refractivity (Wildman–Crippen MR) is 83.3 cm³/mol. The number of pyridine rings is 1. The minimum Gasteiger partial charge on any atom is -0.379 e. The van der Waals surface area contributed by atoms with Gasteiger partial charge in [0.2, 0.25) is 0 Å². The van der Waals surface area contributed by atoms with Gasteiger partial charge in [0, 0.05) is 17.3 Å². The molecule has 21 heavy (non-hydrogen) atoms. The van der Waals surface area contributed by atoms with E-state index in [4.69, 9.17) is 0 Å². The number of H-pyrrole nitrogens is 1. The molecule has 0 saturated carbocycles. The number of rotatable bonds is 3. The molecule has 1 aromatic carbocycles. The first-order chi connectivity index (χ1) is 10.3. The summed E-state index contributed by atoms with van der Waals surface area (Å²) in [5, 5.41) is 11.6. The average Bonchev–Trinajstić information content (AvgIpc) is 3.08. The maximum absolute atomic E-state index is 4.57. The van der Waals surface area contributed by atoms with Gasteiger partial charge in [-0.05, 0) is 37.3 Å². The number of aromatic nitrogens is 4. The Labute approximate surface area is 121 Å². The van der Waals surface area contributed by atoms with E-state index in [-0.39, 0.29) is 0 Å². The summed E-state index contributed by atoms with van der Waals surface area (Å²) in [6.07, 6.45) is 3.87. The SMILES string of the molecule is Cc1nc2ccccn2c1CNc1ccc2cn[nH]c2c1. The van der Waals surface area contributed by atoms with Crippen LogP contribution < -0.4 is 5.32 Å². The zero-order valence-corrected chi connectivity index (χ0v) is 11.7. The summed E-state index contributed by atoms with van der Waals surface area (Å²) in [5.74, 6) is 0. The van der Waals surface area contributed by atoms with Crippen molar-refractivity contribution in [1.29, 1.82) is 0 Å². The first-order valence-corrected chi connectivity index (χ1v) is 6.91. The fraction of sp³-hybridized carbons (Fsp3) is 0.125. The van der Waals surface area contributed by atoms with E-state index in [2.05, 4.69) is 43.1 Å². The molecule has 4 rings (SSSR count). The van der Waals surface area contributed by atoms with E-state index >= 15 is 0 Å². The molecule has 0 atom stereocenters. The van der Waals surface area contributed by atoms with Crippen molar-refractivity contribution in [2.24, 2.45) is 0 Å². The molecule has 0 bridgehead atoms. The zero-order valence-electron chi connectivity index (χ0n) is 11.7. The molecule has 0 aliphatic rings. The van der Waals surface area contributed by atoms with Crippen molar-refractivity contribution in [3.05, 3.63) is 60.2 Å². The number of anilines is 1. The van der Waals surface area contributed by atoms with Gasteiger partial charge in [0.1, 0.15) is 5.65 Å². The number of aryl methyl sites for hydroxylation is 1. The molecule has 5 nitrogen and oxygen atoms in total. The third-order valence-electron chi connectivity index (χ3n) is 3.73. The van der Waals surface area contributed by atoms with Crippen molar-refractivity contribution in [2.75, 3.05) is 5.32 Å². The normalized spacial score (nSPS) is 11.3. The molecular formula is C16H15N5. The largest absolute Gasteiger partial charge is 0.379 e. The molecule has 0 saturated heterocycles. The van der Waals surface area contributed by atoms with E-state index in [1.165, 1.54) is 5.69 Å². The maximum atomic E-state index is 4.57. The summed E-state index contributed by atoms with van der Waals surface area (Å²) < 4.78 is 2.12. The van der Waals surface area contributed by atoms with Crippen LogP contribution in [-0.4, -0.2) is 19.6 Å². The molecule has 2 N–H and O–H groups in total. The van der Waals surface area contributed by atoms with Gasteiger partial charge in [0.15, 0.2) is 0 Å². The highest BCUT2D eigenvalue weighted by atomic mass is 15.1. The fourth-order valence-corrected chi connectivity index (χ4v) is 2.61. The van der Waals surface area contributed by atoms with Crippen LogP contribution in [0.5, 0.6) is 0 Å². The summed E-state index contributed by atoms with van der Waals surface area (Å²) in [4.78, 5) is 4.57. The Morgan fingerprint density at radius 1 is 1.24 bits per heavy atom. The molecule has 5 heteroatoms. The number of nitrogens with zero attached hydrogens (tertiary/aromatic N) is 3. The third kappa shape index (κ3) is 2.03. The van der Waals surface area contributed by atoms with E-state index in [9.17, 15) is 0 Å². The Morgan fingerprint density at radius 2 is 2.19 bits per heavy atom. The van der Waals surface area contributed by atoms with Crippen LogP contribution in [0, 0.1) is 6.92 Å². The molecule has 3 heterocycles. The van der Waals surface area contributed by atoms with Gasteiger partial charge in [-0.25, -0.2) is 4.98 Å². The van der Waals surface area contributed by atoms with E-state index in [0.717, 1.165) is 34.5 Å². The Bertz CT molecular complexity index is 919. The number of fused-ring (bicyclic) bond motifs is 2. The molecule has 0 aliphatic carbocycles. The fourth-order valence-electron chi connectivity index (χ4n) is 2.61. The van der Waals surface area contributed by atoms with Gasteiger partial charge in [0.05, 0.1) is 29.6 Å². The lowest BCUT2D eigenvalue weighted by Crippen LogP contribution is -2.03.